The summed E-state index contributed by atoms with van der Waals surface area (Å²) >= 11 is 6.38. The average molecular weight is 301 g/mol. The SMILES string of the molecule is NCCc1c(Cl)cccc1N1CCc2ccccc2CC1. The monoisotopic (exact) mass is 300 g/mol. The molecule has 110 valence electrons. The summed E-state index contributed by atoms with van der Waals surface area (Å²) in [5, 5.41) is 0.833. The van der Waals surface area contributed by atoms with E-state index in [9.17, 15) is 0 Å². The maximum Gasteiger partial charge on any atom is 0.0459 e. The van der Waals surface area contributed by atoms with E-state index < -0.39 is 0 Å². The molecule has 0 atom stereocenters. The number of halogens is 1. The summed E-state index contributed by atoms with van der Waals surface area (Å²) in [4.78, 5) is 2.46. The van der Waals surface area contributed by atoms with Crippen LogP contribution in [-0.4, -0.2) is 19.6 Å². The van der Waals surface area contributed by atoms with Gasteiger partial charge in [-0.1, -0.05) is 41.9 Å². The zero-order valence-electron chi connectivity index (χ0n) is 12.2. The predicted molar refractivity (Wildman–Crippen MR) is 90.3 cm³/mol. The second-order valence-electron chi connectivity index (χ2n) is 5.53. The van der Waals surface area contributed by atoms with Gasteiger partial charge in [0.2, 0.25) is 0 Å². The van der Waals surface area contributed by atoms with Crippen LogP contribution in [0.15, 0.2) is 42.5 Å². The molecule has 2 N–H and O–H groups in total. The molecule has 1 heterocycles. The van der Waals surface area contributed by atoms with Crippen molar-refractivity contribution in [3.8, 4) is 0 Å². The summed E-state index contributed by atoms with van der Waals surface area (Å²) in [7, 11) is 0. The first-order valence-corrected chi connectivity index (χ1v) is 7.96. The Balaban J connectivity index is 1.88. The summed E-state index contributed by atoms with van der Waals surface area (Å²) < 4.78 is 0. The van der Waals surface area contributed by atoms with E-state index in [0.717, 1.165) is 37.4 Å². The molecule has 2 nitrogen and oxygen atoms in total. The second-order valence-corrected chi connectivity index (χ2v) is 5.94. The number of hydrogen-bond donors (Lipinski definition) is 1. The van der Waals surface area contributed by atoms with E-state index in [-0.39, 0.29) is 0 Å². The average Bonchev–Trinajstić information content (AvgIpc) is 2.72. The summed E-state index contributed by atoms with van der Waals surface area (Å²) in [6, 6.07) is 14.9. The lowest BCUT2D eigenvalue weighted by molar-refractivity contribution is 0.796. The second kappa shape index (κ2) is 6.50. The fourth-order valence-corrected chi connectivity index (χ4v) is 3.41. The van der Waals surface area contributed by atoms with Crippen LogP contribution in [0, 0.1) is 0 Å². The van der Waals surface area contributed by atoms with Crippen molar-refractivity contribution in [3.63, 3.8) is 0 Å². The maximum atomic E-state index is 6.38. The van der Waals surface area contributed by atoms with Crippen LogP contribution < -0.4 is 10.6 Å². The van der Waals surface area contributed by atoms with Gasteiger partial charge >= 0.3 is 0 Å². The van der Waals surface area contributed by atoms with Crippen LogP contribution in [-0.2, 0) is 19.3 Å². The lowest BCUT2D eigenvalue weighted by atomic mass is 10.0. The van der Waals surface area contributed by atoms with Gasteiger partial charge in [-0.05, 0) is 54.6 Å². The maximum absolute atomic E-state index is 6.38. The molecule has 0 unspecified atom stereocenters. The molecule has 0 spiro atoms. The van der Waals surface area contributed by atoms with E-state index in [1.807, 2.05) is 12.1 Å². The Morgan fingerprint density at radius 2 is 1.62 bits per heavy atom. The molecule has 0 bridgehead atoms. The number of nitrogens with two attached hydrogens (primary N) is 1. The number of benzene rings is 2. The summed E-state index contributed by atoms with van der Waals surface area (Å²) in [5.74, 6) is 0. The van der Waals surface area contributed by atoms with Gasteiger partial charge in [0.15, 0.2) is 0 Å². The summed E-state index contributed by atoms with van der Waals surface area (Å²) in [5.41, 5.74) is 11.1. The predicted octanol–water partition coefficient (Wildman–Crippen LogP) is 3.45. The molecule has 0 saturated heterocycles. The number of rotatable bonds is 3. The van der Waals surface area contributed by atoms with Crippen LogP contribution in [0.1, 0.15) is 16.7 Å². The first kappa shape index (κ1) is 14.4. The zero-order valence-corrected chi connectivity index (χ0v) is 12.9. The van der Waals surface area contributed by atoms with Gasteiger partial charge in [-0.3, -0.25) is 0 Å². The van der Waals surface area contributed by atoms with Crippen LogP contribution >= 0.6 is 11.6 Å². The molecular formula is C18H21ClN2. The molecule has 0 radical (unpaired) electrons. The van der Waals surface area contributed by atoms with Gasteiger partial charge < -0.3 is 10.6 Å². The van der Waals surface area contributed by atoms with Gasteiger partial charge in [-0.15, -0.1) is 0 Å². The molecule has 3 rings (SSSR count). The van der Waals surface area contributed by atoms with Crippen molar-refractivity contribution < 1.29 is 0 Å². The number of hydrogen-bond acceptors (Lipinski definition) is 2. The van der Waals surface area contributed by atoms with Gasteiger partial charge in [0.05, 0.1) is 0 Å². The Morgan fingerprint density at radius 1 is 0.952 bits per heavy atom. The van der Waals surface area contributed by atoms with Crippen molar-refractivity contribution in [3.05, 3.63) is 64.2 Å². The van der Waals surface area contributed by atoms with Crippen LogP contribution in [0.25, 0.3) is 0 Å². The van der Waals surface area contributed by atoms with E-state index in [4.69, 9.17) is 17.3 Å². The van der Waals surface area contributed by atoms with Crippen molar-refractivity contribution in [2.24, 2.45) is 5.73 Å². The topological polar surface area (TPSA) is 29.3 Å². The van der Waals surface area contributed by atoms with Gasteiger partial charge in [0.1, 0.15) is 0 Å². The molecular weight excluding hydrogens is 280 g/mol. The van der Waals surface area contributed by atoms with E-state index in [0.29, 0.717) is 6.54 Å². The normalized spacial score (nSPS) is 14.7. The lowest BCUT2D eigenvalue weighted by Crippen LogP contribution is -2.27. The molecule has 1 aliphatic rings. The van der Waals surface area contributed by atoms with Crippen molar-refractivity contribution in [2.75, 3.05) is 24.5 Å². The van der Waals surface area contributed by atoms with Gasteiger partial charge in [0, 0.05) is 23.8 Å². The molecule has 0 aromatic heterocycles. The van der Waals surface area contributed by atoms with Crippen LogP contribution in [0.2, 0.25) is 5.02 Å². The quantitative estimate of drug-likeness (QED) is 0.941. The molecule has 3 heteroatoms. The standard InChI is InChI=1S/C18H21ClN2/c19-17-6-3-7-18(16(17)8-11-20)21-12-9-14-4-1-2-5-15(14)10-13-21/h1-7H,8-13,20H2. The third kappa shape index (κ3) is 3.07. The highest BCUT2D eigenvalue weighted by molar-refractivity contribution is 6.31. The van der Waals surface area contributed by atoms with Crippen LogP contribution in [0.4, 0.5) is 5.69 Å². The Bertz CT molecular complexity index is 597. The van der Waals surface area contributed by atoms with Gasteiger partial charge in [-0.25, -0.2) is 0 Å². The Hall–Kier alpha value is -1.51. The number of nitrogens with zero attached hydrogens (tertiary/aromatic N) is 1. The lowest BCUT2D eigenvalue weighted by Gasteiger charge is -2.26. The minimum Gasteiger partial charge on any atom is -0.371 e. The first-order chi connectivity index (χ1) is 10.3. The molecule has 21 heavy (non-hydrogen) atoms. The zero-order chi connectivity index (χ0) is 14.7. The van der Waals surface area contributed by atoms with E-state index >= 15 is 0 Å². The van der Waals surface area contributed by atoms with Gasteiger partial charge in [-0.2, -0.15) is 0 Å². The molecule has 2 aromatic rings. The van der Waals surface area contributed by atoms with Crippen LogP contribution in [0.5, 0.6) is 0 Å². The Kier molecular flexibility index (Phi) is 4.47. The molecule has 0 aliphatic carbocycles. The minimum atomic E-state index is 0.630. The minimum absolute atomic E-state index is 0.630. The van der Waals surface area contributed by atoms with E-state index in [1.165, 1.54) is 22.4 Å². The number of fused-ring (bicyclic) bond motifs is 1. The smallest absolute Gasteiger partial charge is 0.0459 e. The first-order valence-electron chi connectivity index (χ1n) is 7.59. The summed E-state index contributed by atoms with van der Waals surface area (Å²) in [6.07, 6.45) is 3.01. The largest absolute Gasteiger partial charge is 0.371 e. The highest BCUT2D eigenvalue weighted by Gasteiger charge is 2.17. The Morgan fingerprint density at radius 3 is 2.24 bits per heavy atom. The molecule has 0 amide bonds. The van der Waals surface area contributed by atoms with Crippen molar-refractivity contribution in [2.45, 2.75) is 19.3 Å². The molecule has 2 aromatic carbocycles. The molecule has 1 aliphatic heterocycles. The van der Waals surface area contributed by atoms with E-state index in [1.54, 1.807) is 0 Å². The van der Waals surface area contributed by atoms with Crippen LogP contribution in [0.3, 0.4) is 0 Å². The third-order valence-corrected chi connectivity index (χ3v) is 4.60. The van der Waals surface area contributed by atoms with Gasteiger partial charge in [0.25, 0.3) is 0 Å². The van der Waals surface area contributed by atoms with Crippen molar-refractivity contribution >= 4 is 17.3 Å². The highest BCUT2D eigenvalue weighted by Crippen LogP contribution is 2.29. The highest BCUT2D eigenvalue weighted by atomic mass is 35.5. The fourth-order valence-electron chi connectivity index (χ4n) is 3.14. The van der Waals surface area contributed by atoms with E-state index in [2.05, 4.69) is 35.2 Å². The Labute approximate surface area is 131 Å². The fraction of sp³-hybridized carbons (Fsp3) is 0.333. The number of anilines is 1. The van der Waals surface area contributed by atoms with Crippen molar-refractivity contribution in [1.29, 1.82) is 0 Å². The third-order valence-electron chi connectivity index (χ3n) is 4.25. The van der Waals surface area contributed by atoms with Crippen molar-refractivity contribution in [1.82, 2.24) is 0 Å². The summed E-state index contributed by atoms with van der Waals surface area (Å²) in [6.45, 7) is 2.70. The molecule has 0 fully saturated rings. The molecule has 0 saturated carbocycles.